The van der Waals surface area contributed by atoms with Crippen molar-refractivity contribution in [3.63, 3.8) is 0 Å². The van der Waals surface area contributed by atoms with Crippen LogP contribution < -0.4 is 18.3 Å². The van der Waals surface area contributed by atoms with E-state index in [4.69, 9.17) is 9.47 Å². The summed E-state index contributed by atoms with van der Waals surface area (Å²) in [5, 5.41) is 3.09. The maximum absolute atomic E-state index is 12.6. The highest BCUT2D eigenvalue weighted by molar-refractivity contribution is 14.1. The number of likely N-dealkylation sites (tertiary alicyclic amines) is 1. The number of aryl methyl sites for hydroxylation is 1. The zero-order valence-corrected chi connectivity index (χ0v) is 27.0. The van der Waals surface area contributed by atoms with Gasteiger partial charge in [-0.05, 0) is 75.0 Å². The van der Waals surface area contributed by atoms with Crippen LogP contribution in [0.25, 0.3) is 0 Å². The van der Waals surface area contributed by atoms with Crippen molar-refractivity contribution in [3.05, 3.63) is 59.7 Å². The molecule has 2 N–H and O–H groups in total. The molecule has 2 saturated heterocycles. The topological polar surface area (TPSA) is 86.4 Å². The number of carbonyl (C=O) groups excluding carboxylic acids is 2. The molecule has 0 bridgehead atoms. The van der Waals surface area contributed by atoms with Crippen molar-refractivity contribution in [2.45, 2.75) is 39.2 Å². The summed E-state index contributed by atoms with van der Waals surface area (Å²) < 4.78 is 14.5. The smallest absolute Gasteiger partial charge is 0.242 e. The number of piperazine rings is 1. The third kappa shape index (κ3) is 11.7. The summed E-state index contributed by atoms with van der Waals surface area (Å²) in [5.41, 5.74) is 2.31. The van der Waals surface area contributed by atoms with Crippen LogP contribution in [0.3, 0.4) is 0 Å². The van der Waals surface area contributed by atoms with Crippen molar-refractivity contribution in [3.8, 4) is 11.5 Å². The molecule has 2 aromatic carbocycles. The summed E-state index contributed by atoms with van der Waals surface area (Å²) in [6.45, 7) is 12.2. The molecule has 0 spiro atoms. The number of rotatable bonds is 15. The van der Waals surface area contributed by atoms with Gasteiger partial charge < -0.3 is 19.7 Å². The zero-order chi connectivity index (χ0) is 29.6. The van der Waals surface area contributed by atoms with Crippen molar-refractivity contribution in [1.29, 1.82) is 0 Å². The molecule has 0 unspecified atom stereocenters. The monoisotopic (exact) mass is 691 g/mol. The van der Waals surface area contributed by atoms with E-state index in [1.807, 2.05) is 59.3 Å². The Hall–Kier alpha value is -2.41. The van der Waals surface area contributed by atoms with Gasteiger partial charge in [-0.25, -0.2) is 0 Å². The Kier molecular flexibility index (Phi) is 13.7. The summed E-state index contributed by atoms with van der Waals surface area (Å²) >= 11 is 1.89. The van der Waals surface area contributed by atoms with Crippen LogP contribution in [0.5, 0.6) is 11.5 Å². The Balaban J connectivity index is 1.02. The quantitative estimate of drug-likeness (QED) is 0.168. The first-order valence-electron chi connectivity index (χ1n) is 15.2. The molecule has 42 heavy (non-hydrogen) atoms. The second-order valence-corrected chi connectivity index (χ2v) is 11.9. The molecule has 0 aromatic heterocycles. The summed E-state index contributed by atoms with van der Waals surface area (Å²) in [7, 11) is 0. The van der Waals surface area contributed by atoms with Crippen molar-refractivity contribution >= 4 is 34.7 Å². The van der Waals surface area contributed by atoms with Crippen LogP contribution in [0.4, 0.5) is 0 Å². The Morgan fingerprint density at radius 2 is 1.38 bits per heavy atom. The number of hydrogen-bond acceptors (Lipinski definition) is 7. The predicted octanol–water partition coefficient (Wildman–Crippen LogP) is 3.65. The summed E-state index contributed by atoms with van der Waals surface area (Å²) in [6, 6.07) is 16.2. The van der Waals surface area contributed by atoms with Gasteiger partial charge in [-0.3, -0.25) is 22.9 Å². The molecule has 9 nitrogen and oxygen atoms in total. The third-order valence-corrected chi connectivity index (χ3v) is 8.72. The van der Waals surface area contributed by atoms with Gasteiger partial charge in [-0.2, -0.15) is 0 Å². The summed E-state index contributed by atoms with van der Waals surface area (Å²) in [5.74, 6) is 2.42. The Morgan fingerprint density at radius 3 is 2.05 bits per heavy atom. The molecule has 2 amide bonds. The van der Waals surface area contributed by atoms with E-state index in [-0.39, 0.29) is 11.8 Å². The first-order chi connectivity index (χ1) is 20.5. The van der Waals surface area contributed by atoms with E-state index in [0.29, 0.717) is 38.6 Å². The fourth-order valence-electron chi connectivity index (χ4n) is 5.46. The SMILES string of the molecule is Cc1ccc(OCCN2CCC(CC(=O)NCc3ccc(OCCCN4CCN(CC(=O)NI)CC4)cc3)CC2)cc1. The van der Waals surface area contributed by atoms with Gasteiger partial charge in [0.25, 0.3) is 0 Å². The normalized spacial score (nSPS) is 17.1. The lowest BCUT2D eigenvalue weighted by Gasteiger charge is -2.34. The van der Waals surface area contributed by atoms with Crippen LogP contribution in [0.15, 0.2) is 48.5 Å². The number of hydrogen-bond donors (Lipinski definition) is 2. The second-order valence-electron chi connectivity index (χ2n) is 11.4. The first-order valence-corrected chi connectivity index (χ1v) is 16.3. The largest absolute Gasteiger partial charge is 0.494 e. The molecule has 2 fully saturated rings. The van der Waals surface area contributed by atoms with E-state index in [2.05, 4.69) is 42.6 Å². The molecule has 0 atom stereocenters. The highest BCUT2D eigenvalue weighted by Gasteiger charge is 2.21. The molecule has 2 aliphatic rings. The third-order valence-electron chi connectivity index (χ3n) is 8.12. The van der Waals surface area contributed by atoms with E-state index in [9.17, 15) is 9.59 Å². The molecule has 0 radical (unpaired) electrons. The first kappa shape index (κ1) is 32.5. The van der Waals surface area contributed by atoms with E-state index >= 15 is 0 Å². The van der Waals surface area contributed by atoms with Crippen molar-refractivity contribution in [2.75, 3.05) is 72.1 Å². The van der Waals surface area contributed by atoms with E-state index in [1.165, 1.54) is 5.56 Å². The lowest BCUT2D eigenvalue weighted by atomic mass is 9.93. The zero-order valence-electron chi connectivity index (χ0n) is 24.9. The van der Waals surface area contributed by atoms with Crippen LogP contribution in [0, 0.1) is 12.8 Å². The summed E-state index contributed by atoms with van der Waals surface area (Å²) in [4.78, 5) is 31.2. The molecule has 4 rings (SSSR count). The summed E-state index contributed by atoms with van der Waals surface area (Å²) in [6.07, 6.45) is 3.67. The van der Waals surface area contributed by atoms with Crippen LogP contribution in [0.1, 0.15) is 36.8 Å². The van der Waals surface area contributed by atoms with Gasteiger partial charge in [-0.15, -0.1) is 0 Å². The van der Waals surface area contributed by atoms with E-state index in [0.717, 1.165) is 88.7 Å². The molecule has 230 valence electrons. The van der Waals surface area contributed by atoms with Crippen molar-refractivity contribution in [1.82, 2.24) is 23.5 Å². The Bertz CT molecular complexity index is 1090. The fraction of sp³-hybridized carbons (Fsp3) is 0.562. The number of benzene rings is 2. The van der Waals surface area contributed by atoms with Crippen LogP contribution >= 0.6 is 22.9 Å². The number of ether oxygens (including phenoxy) is 2. The standard InChI is InChI=1S/C32H46IN5O4/c1-26-3-7-29(8-4-26)42-22-20-37-14-11-27(12-15-37)23-31(39)34-24-28-5-9-30(10-6-28)41-21-2-13-36-16-18-38(19-17-36)25-32(40)35-33/h3-10,27H,2,11-25H2,1H3,(H,34,39)(H,35,40). The fourth-order valence-corrected chi connectivity index (χ4v) is 5.63. The molecule has 0 saturated carbocycles. The van der Waals surface area contributed by atoms with Crippen LogP contribution in [-0.4, -0.2) is 98.6 Å². The van der Waals surface area contributed by atoms with Gasteiger partial charge in [0, 0.05) is 52.2 Å². The number of nitrogens with zero attached hydrogens (tertiary/aromatic N) is 3. The molecular formula is C32H46IN5O4. The highest BCUT2D eigenvalue weighted by atomic mass is 127. The average molecular weight is 692 g/mol. The predicted molar refractivity (Wildman–Crippen MR) is 174 cm³/mol. The maximum Gasteiger partial charge on any atom is 0.242 e. The number of amides is 2. The Labute approximate surface area is 264 Å². The minimum Gasteiger partial charge on any atom is -0.494 e. The van der Waals surface area contributed by atoms with Gasteiger partial charge in [-0.1, -0.05) is 29.8 Å². The van der Waals surface area contributed by atoms with Gasteiger partial charge in [0.05, 0.1) is 36.0 Å². The average Bonchev–Trinajstić information content (AvgIpc) is 3.01. The van der Waals surface area contributed by atoms with E-state index < -0.39 is 0 Å². The van der Waals surface area contributed by atoms with Crippen LogP contribution in [0.2, 0.25) is 0 Å². The number of nitrogens with one attached hydrogen (secondary N) is 2. The number of piperidine rings is 1. The van der Waals surface area contributed by atoms with Gasteiger partial charge in [0.1, 0.15) is 18.1 Å². The lowest BCUT2D eigenvalue weighted by Crippen LogP contribution is -2.49. The number of halogens is 1. The number of carbonyl (C=O) groups is 2. The van der Waals surface area contributed by atoms with Gasteiger partial charge in [0.15, 0.2) is 0 Å². The van der Waals surface area contributed by atoms with E-state index in [1.54, 1.807) is 0 Å². The van der Waals surface area contributed by atoms with Crippen molar-refractivity contribution in [2.24, 2.45) is 5.92 Å². The second kappa shape index (κ2) is 17.6. The van der Waals surface area contributed by atoms with Crippen LogP contribution in [-0.2, 0) is 16.1 Å². The molecular weight excluding hydrogens is 645 g/mol. The molecule has 2 aliphatic heterocycles. The van der Waals surface area contributed by atoms with Gasteiger partial charge in [0.2, 0.25) is 11.8 Å². The Morgan fingerprint density at radius 1 is 0.786 bits per heavy atom. The molecule has 0 aliphatic carbocycles. The molecule has 2 heterocycles. The minimum atomic E-state index is 0.0642. The maximum atomic E-state index is 12.6. The molecule has 2 aromatic rings. The van der Waals surface area contributed by atoms with Crippen molar-refractivity contribution < 1.29 is 19.1 Å². The lowest BCUT2D eigenvalue weighted by molar-refractivity contribution is -0.122. The van der Waals surface area contributed by atoms with Gasteiger partial charge >= 0.3 is 0 Å². The molecule has 10 heteroatoms. The highest BCUT2D eigenvalue weighted by Crippen LogP contribution is 2.21. The minimum absolute atomic E-state index is 0.0642.